The molecule has 1 atom stereocenters. The van der Waals surface area contributed by atoms with E-state index in [-0.39, 0.29) is 11.8 Å². The second-order valence-electron chi connectivity index (χ2n) is 7.33. The van der Waals surface area contributed by atoms with Crippen LogP contribution in [0.25, 0.3) is 0 Å². The van der Waals surface area contributed by atoms with Crippen molar-refractivity contribution in [2.24, 2.45) is 0 Å². The van der Waals surface area contributed by atoms with E-state index in [0.717, 1.165) is 43.7 Å². The minimum atomic E-state index is -0.442. The molecule has 0 aliphatic carbocycles. The van der Waals surface area contributed by atoms with Gasteiger partial charge in [-0.3, -0.25) is 9.59 Å². The molecule has 7 heteroatoms. The van der Waals surface area contributed by atoms with Crippen molar-refractivity contribution in [2.75, 3.05) is 29.9 Å². The van der Waals surface area contributed by atoms with Crippen LogP contribution in [0.4, 0.5) is 11.4 Å². The van der Waals surface area contributed by atoms with Gasteiger partial charge in [-0.15, -0.1) is 11.3 Å². The topological polar surface area (TPSA) is 52.7 Å². The summed E-state index contributed by atoms with van der Waals surface area (Å²) in [5, 5.41) is 5.54. The molecule has 0 spiro atoms. The standard InChI is InChI=1S/C21H24ClN3O2S/c22-15-8-9-17(24-10-2-1-3-11-24)16(14-15)23-20(26)18-6-4-12-25(18)21(27)19-7-5-13-28-19/h5,7-9,13-14,18H,1-4,6,10-12H2,(H,23,26). The lowest BCUT2D eigenvalue weighted by Crippen LogP contribution is -2.43. The van der Waals surface area contributed by atoms with Gasteiger partial charge in [0.05, 0.1) is 16.3 Å². The summed E-state index contributed by atoms with van der Waals surface area (Å²) in [6.45, 7) is 2.58. The number of thiophene rings is 1. The molecule has 5 nitrogen and oxygen atoms in total. The van der Waals surface area contributed by atoms with Crippen molar-refractivity contribution >= 4 is 46.1 Å². The summed E-state index contributed by atoms with van der Waals surface area (Å²) in [7, 11) is 0. The summed E-state index contributed by atoms with van der Waals surface area (Å²) in [6.07, 6.45) is 5.07. The molecular formula is C21H24ClN3O2S. The molecule has 28 heavy (non-hydrogen) atoms. The predicted molar refractivity (Wildman–Crippen MR) is 115 cm³/mol. The van der Waals surface area contributed by atoms with Gasteiger partial charge in [0.25, 0.3) is 5.91 Å². The summed E-state index contributed by atoms with van der Waals surface area (Å²) < 4.78 is 0. The number of hydrogen-bond acceptors (Lipinski definition) is 4. The van der Waals surface area contributed by atoms with Crippen LogP contribution in [-0.4, -0.2) is 42.4 Å². The van der Waals surface area contributed by atoms with E-state index < -0.39 is 6.04 Å². The fourth-order valence-electron chi connectivity index (χ4n) is 4.06. The third-order valence-corrected chi connectivity index (χ3v) is 6.55. The molecule has 2 saturated heterocycles. The van der Waals surface area contributed by atoms with Gasteiger partial charge in [-0.1, -0.05) is 17.7 Å². The molecule has 2 aromatic rings. The van der Waals surface area contributed by atoms with Crippen molar-refractivity contribution in [3.63, 3.8) is 0 Å². The maximum Gasteiger partial charge on any atom is 0.264 e. The summed E-state index contributed by atoms with van der Waals surface area (Å²) in [6, 6.07) is 8.88. The quantitative estimate of drug-likeness (QED) is 0.788. The monoisotopic (exact) mass is 417 g/mol. The summed E-state index contributed by atoms with van der Waals surface area (Å²) >= 11 is 7.62. The number of nitrogens with zero attached hydrogens (tertiary/aromatic N) is 2. The van der Waals surface area contributed by atoms with Gasteiger partial charge in [0.15, 0.2) is 0 Å². The molecule has 148 valence electrons. The molecule has 2 amide bonds. The Morgan fingerprint density at radius 2 is 1.89 bits per heavy atom. The molecule has 1 aromatic carbocycles. The molecule has 1 aromatic heterocycles. The second kappa shape index (κ2) is 8.53. The zero-order valence-electron chi connectivity index (χ0n) is 15.7. The molecule has 1 N–H and O–H groups in total. The maximum absolute atomic E-state index is 13.1. The van der Waals surface area contributed by atoms with Crippen molar-refractivity contribution in [3.05, 3.63) is 45.6 Å². The van der Waals surface area contributed by atoms with Crippen molar-refractivity contribution in [1.82, 2.24) is 4.90 Å². The Morgan fingerprint density at radius 3 is 2.64 bits per heavy atom. The van der Waals surface area contributed by atoms with Crippen LogP contribution in [0, 0.1) is 0 Å². The Morgan fingerprint density at radius 1 is 1.07 bits per heavy atom. The fraction of sp³-hybridized carbons (Fsp3) is 0.429. The number of amides is 2. The molecule has 2 aliphatic rings. The molecule has 0 bridgehead atoms. The van der Waals surface area contributed by atoms with Gasteiger partial charge in [0.2, 0.25) is 5.91 Å². The van der Waals surface area contributed by atoms with E-state index in [2.05, 4.69) is 10.2 Å². The Hall–Kier alpha value is -2.05. The summed E-state index contributed by atoms with van der Waals surface area (Å²) in [4.78, 5) is 30.5. The number of anilines is 2. The zero-order valence-corrected chi connectivity index (χ0v) is 17.3. The smallest absolute Gasteiger partial charge is 0.264 e. The zero-order chi connectivity index (χ0) is 19.5. The predicted octanol–water partition coefficient (Wildman–Crippen LogP) is 4.64. The van der Waals surface area contributed by atoms with E-state index in [1.54, 1.807) is 4.90 Å². The lowest BCUT2D eigenvalue weighted by molar-refractivity contribution is -0.119. The molecule has 0 radical (unpaired) electrons. The van der Waals surface area contributed by atoms with E-state index in [1.807, 2.05) is 35.7 Å². The normalized spacial score (nSPS) is 19.7. The van der Waals surface area contributed by atoms with Crippen LogP contribution in [0.5, 0.6) is 0 Å². The highest BCUT2D eigenvalue weighted by Crippen LogP contribution is 2.32. The van der Waals surface area contributed by atoms with Crippen LogP contribution in [-0.2, 0) is 4.79 Å². The molecule has 3 heterocycles. The molecule has 2 aliphatic heterocycles. The van der Waals surface area contributed by atoms with Gasteiger partial charge in [-0.2, -0.15) is 0 Å². The number of nitrogens with one attached hydrogen (secondary N) is 1. The molecule has 2 fully saturated rings. The first-order valence-electron chi connectivity index (χ1n) is 9.83. The second-order valence-corrected chi connectivity index (χ2v) is 8.72. The Labute approximate surface area is 174 Å². The van der Waals surface area contributed by atoms with Gasteiger partial charge in [-0.05, 0) is 61.7 Å². The number of carbonyl (C=O) groups excluding carboxylic acids is 2. The van der Waals surface area contributed by atoms with Gasteiger partial charge >= 0.3 is 0 Å². The highest BCUT2D eigenvalue weighted by Gasteiger charge is 2.35. The van der Waals surface area contributed by atoms with Gasteiger partial charge in [0.1, 0.15) is 6.04 Å². The Kier molecular flexibility index (Phi) is 5.87. The fourth-order valence-corrected chi connectivity index (χ4v) is 4.91. The van der Waals surface area contributed by atoms with Crippen molar-refractivity contribution in [1.29, 1.82) is 0 Å². The molecule has 4 rings (SSSR count). The first-order valence-corrected chi connectivity index (χ1v) is 11.1. The van der Waals surface area contributed by atoms with E-state index in [1.165, 1.54) is 17.8 Å². The number of hydrogen-bond donors (Lipinski definition) is 1. The van der Waals surface area contributed by atoms with Gasteiger partial charge in [-0.25, -0.2) is 0 Å². The minimum Gasteiger partial charge on any atom is -0.370 e. The average molecular weight is 418 g/mol. The highest BCUT2D eigenvalue weighted by atomic mass is 35.5. The average Bonchev–Trinajstić information content (AvgIpc) is 3.40. The lowest BCUT2D eigenvalue weighted by Gasteiger charge is -2.31. The lowest BCUT2D eigenvalue weighted by atomic mass is 10.1. The molecule has 0 saturated carbocycles. The van der Waals surface area contributed by atoms with Crippen LogP contribution in [0.3, 0.4) is 0 Å². The molecule has 1 unspecified atom stereocenters. The first kappa shape index (κ1) is 19.3. The van der Waals surface area contributed by atoms with E-state index in [4.69, 9.17) is 11.6 Å². The van der Waals surface area contributed by atoms with Crippen LogP contribution in [0.1, 0.15) is 41.8 Å². The van der Waals surface area contributed by atoms with Crippen molar-refractivity contribution in [2.45, 2.75) is 38.1 Å². The van der Waals surface area contributed by atoms with Crippen LogP contribution < -0.4 is 10.2 Å². The van der Waals surface area contributed by atoms with Gasteiger partial charge in [0, 0.05) is 24.7 Å². The maximum atomic E-state index is 13.1. The number of benzene rings is 1. The van der Waals surface area contributed by atoms with E-state index in [0.29, 0.717) is 22.9 Å². The third kappa shape index (κ3) is 4.03. The van der Waals surface area contributed by atoms with E-state index in [9.17, 15) is 9.59 Å². The third-order valence-electron chi connectivity index (χ3n) is 5.46. The Bertz CT molecular complexity index is 849. The van der Waals surface area contributed by atoms with Crippen LogP contribution >= 0.6 is 22.9 Å². The van der Waals surface area contributed by atoms with Crippen molar-refractivity contribution in [3.8, 4) is 0 Å². The summed E-state index contributed by atoms with van der Waals surface area (Å²) in [5.74, 6) is -0.196. The first-order chi connectivity index (χ1) is 13.6. The number of rotatable bonds is 4. The minimum absolute atomic E-state index is 0.0602. The van der Waals surface area contributed by atoms with Crippen LogP contribution in [0.15, 0.2) is 35.7 Å². The summed E-state index contributed by atoms with van der Waals surface area (Å²) in [5.41, 5.74) is 1.74. The SMILES string of the molecule is O=C(Nc1cc(Cl)ccc1N1CCCCC1)C1CCCN1C(=O)c1cccs1. The van der Waals surface area contributed by atoms with E-state index >= 15 is 0 Å². The number of piperidine rings is 1. The van der Waals surface area contributed by atoms with Gasteiger partial charge < -0.3 is 15.1 Å². The Balaban J connectivity index is 1.53. The number of halogens is 1. The molecular weight excluding hydrogens is 394 g/mol. The largest absolute Gasteiger partial charge is 0.370 e. The number of carbonyl (C=O) groups is 2. The van der Waals surface area contributed by atoms with Crippen LogP contribution in [0.2, 0.25) is 5.02 Å². The number of likely N-dealkylation sites (tertiary alicyclic amines) is 1. The highest BCUT2D eigenvalue weighted by molar-refractivity contribution is 7.12. The van der Waals surface area contributed by atoms with Crippen molar-refractivity contribution < 1.29 is 9.59 Å².